The maximum Gasteiger partial charge on any atom is 0.0613 e. The third-order valence-corrected chi connectivity index (χ3v) is 3.07. The van der Waals surface area contributed by atoms with Gasteiger partial charge >= 0.3 is 0 Å². The minimum absolute atomic E-state index is 0.467. The second-order valence-electron chi connectivity index (χ2n) is 4.38. The monoisotopic (exact) mass is 200 g/mol. The second kappa shape index (κ2) is 6.38. The smallest absolute Gasteiger partial charge is 0.0613 e. The molecule has 0 radical (unpaired) electrons. The third-order valence-electron chi connectivity index (χ3n) is 3.07. The fourth-order valence-electron chi connectivity index (χ4n) is 1.81. The highest BCUT2D eigenvalue weighted by Gasteiger charge is 2.21. The van der Waals surface area contributed by atoms with E-state index in [9.17, 15) is 0 Å². The molecule has 1 unspecified atom stereocenters. The van der Waals surface area contributed by atoms with E-state index in [1.54, 1.807) is 7.11 Å². The summed E-state index contributed by atoms with van der Waals surface area (Å²) < 4.78 is 5.06. The molecule has 3 nitrogen and oxygen atoms in total. The molecule has 1 atom stereocenters. The molecule has 1 aliphatic carbocycles. The molecular formula is C11H24N2O. The van der Waals surface area contributed by atoms with Gasteiger partial charge in [-0.2, -0.15) is 0 Å². The van der Waals surface area contributed by atoms with E-state index < -0.39 is 0 Å². The van der Waals surface area contributed by atoms with E-state index in [-0.39, 0.29) is 0 Å². The first-order chi connectivity index (χ1) is 6.74. The number of methoxy groups -OCH3 is 1. The van der Waals surface area contributed by atoms with Crippen LogP contribution in [0.5, 0.6) is 0 Å². The van der Waals surface area contributed by atoms with Crippen LogP contribution in [0.25, 0.3) is 0 Å². The molecule has 0 bridgehead atoms. The standard InChI is InChI=1S/C11H24N2O/c1-10(9-14-3)12-7-8-13(2)11-5-4-6-11/h10-12H,4-9H2,1-3H3. The van der Waals surface area contributed by atoms with Crippen molar-refractivity contribution in [1.29, 1.82) is 0 Å². The Morgan fingerprint density at radius 1 is 1.50 bits per heavy atom. The van der Waals surface area contributed by atoms with Gasteiger partial charge in [-0.25, -0.2) is 0 Å². The van der Waals surface area contributed by atoms with Crippen molar-refractivity contribution in [2.45, 2.75) is 38.3 Å². The Kier molecular flexibility index (Phi) is 5.45. The van der Waals surface area contributed by atoms with Gasteiger partial charge in [0.2, 0.25) is 0 Å². The average Bonchev–Trinajstić information content (AvgIpc) is 2.01. The molecule has 1 saturated carbocycles. The second-order valence-corrected chi connectivity index (χ2v) is 4.38. The normalized spacial score (nSPS) is 19.7. The zero-order valence-electron chi connectivity index (χ0n) is 9.75. The van der Waals surface area contributed by atoms with Crippen molar-refractivity contribution in [2.24, 2.45) is 0 Å². The lowest BCUT2D eigenvalue weighted by atomic mass is 9.92. The fourth-order valence-corrected chi connectivity index (χ4v) is 1.81. The van der Waals surface area contributed by atoms with Crippen LogP contribution in [0.1, 0.15) is 26.2 Å². The lowest BCUT2D eigenvalue weighted by molar-refractivity contribution is 0.148. The summed E-state index contributed by atoms with van der Waals surface area (Å²) in [4.78, 5) is 2.47. The van der Waals surface area contributed by atoms with Gasteiger partial charge in [-0.05, 0) is 26.8 Å². The fraction of sp³-hybridized carbons (Fsp3) is 1.00. The molecule has 0 aromatic heterocycles. The van der Waals surface area contributed by atoms with E-state index in [4.69, 9.17) is 4.74 Å². The van der Waals surface area contributed by atoms with E-state index in [1.165, 1.54) is 19.3 Å². The van der Waals surface area contributed by atoms with Crippen molar-refractivity contribution in [3.05, 3.63) is 0 Å². The zero-order chi connectivity index (χ0) is 10.4. The van der Waals surface area contributed by atoms with Crippen molar-refractivity contribution in [1.82, 2.24) is 10.2 Å². The molecule has 0 heterocycles. The minimum atomic E-state index is 0.467. The van der Waals surface area contributed by atoms with Crippen molar-refractivity contribution in [2.75, 3.05) is 33.9 Å². The highest BCUT2D eigenvalue weighted by molar-refractivity contribution is 4.78. The van der Waals surface area contributed by atoms with Crippen LogP contribution in [0.15, 0.2) is 0 Å². The molecule has 1 N–H and O–H groups in total. The highest BCUT2D eigenvalue weighted by atomic mass is 16.5. The Morgan fingerprint density at radius 3 is 2.71 bits per heavy atom. The SMILES string of the molecule is COCC(C)NCCN(C)C1CCC1. The summed E-state index contributed by atoms with van der Waals surface area (Å²) in [5.41, 5.74) is 0. The Morgan fingerprint density at radius 2 is 2.21 bits per heavy atom. The Labute approximate surface area is 87.8 Å². The predicted octanol–water partition coefficient (Wildman–Crippen LogP) is 1.10. The van der Waals surface area contributed by atoms with Gasteiger partial charge in [0.25, 0.3) is 0 Å². The van der Waals surface area contributed by atoms with E-state index >= 15 is 0 Å². The molecule has 0 saturated heterocycles. The zero-order valence-corrected chi connectivity index (χ0v) is 9.75. The Hall–Kier alpha value is -0.120. The van der Waals surface area contributed by atoms with Gasteiger partial charge in [0.15, 0.2) is 0 Å². The molecule has 0 aromatic rings. The summed E-state index contributed by atoms with van der Waals surface area (Å²) >= 11 is 0. The largest absolute Gasteiger partial charge is 0.383 e. The summed E-state index contributed by atoms with van der Waals surface area (Å²) in [6.07, 6.45) is 4.21. The first kappa shape index (κ1) is 12.0. The minimum Gasteiger partial charge on any atom is -0.383 e. The van der Waals surface area contributed by atoms with Gasteiger partial charge in [0, 0.05) is 32.3 Å². The molecule has 14 heavy (non-hydrogen) atoms. The number of rotatable bonds is 7. The van der Waals surface area contributed by atoms with E-state index in [2.05, 4.69) is 24.2 Å². The van der Waals surface area contributed by atoms with Gasteiger partial charge < -0.3 is 15.0 Å². The molecule has 1 rings (SSSR count). The molecule has 84 valence electrons. The number of nitrogens with one attached hydrogen (secondary N) is 1. The summed E-state index contributed by atoms with van der Waals surface area (Å²) in [5, 5.41) is 3.45. The molecular weight excluding hydrogens is 176 g/mol. The topological polar surface area (TPSA) is 24.5 Å². The molecule has 0 aromatic carbocycles. The third kappa shape index (κ3) is 3.95. The molecule has 3 heteroatoms. The summed E-state index contributed by atoms with van der Waals surface area (Å²) in [5.74, 6) is 0. The van der Waals surface area contributed by atoms with Crippen molar-refractivity contribution in [3.63, 3.8) is 0 Å². The van der Waals surface area contributed by atoms with Gasteiger partial charge in [-0.15, -0.1) is 0 Å². The van der Waals surface area contributed by atoms with Crippen LogP contribution >= 0.6 is 0 Å². The number of likely N-dealkylation sites (N-methyl/N-ethyl adjacent to an activating group) is 1. The van der Waals surface area contributed by atoms with Crippen LogP contribution in [0, 0.1) is 0 Å². The molecule has 0 aliphatic heterocycles. The maximum absolute atomic E-state index is 5.06. The predicted molar refractivity (Wildman–Crippen MR) is 59.6 cm³/mol. The Bertz CT molecular complexity index is 148. The lowest BCUT2D eigenvalue weighted by Crippen LogP contribution is -2.42. The van der Waals surface area contributed by atoms with Crippen LogP contribution in [0.3, 0.4) is 0 Å². The van der Waals surface area contributed by atoms with Crippen molar-refractivity contribution in [3.8, 4) is 0 Å². The maximum atomic E-state index is 5.06. The first-order valence-corrected chi connectivity index (χ1v) is 5.66. The lowest BCUT2D eigenvalue weighted by Gasteiger charge is -2.35. The molecule has 1 aliphatic rings. The number of nitrogens with zero attached hydrogens (tertiary/aromatic N) is 1. The molecule has 0 spiro atoms. The molecule has 0 amide bonds. The van der Waals surface area contributed by atoms with Crippen LogP contribution in [0.2, 0.25) is 0 Å². The highest BCUT2D eigenvalue weighted by Crippen LogP contribution is 2.22. The van der Waals surface area contributed by atoms with E-state index in [0.29, 0.717) is 6.04 Å². The van der Waals surface area contributed by atoms with Gasteiger partial charge in [0.1, 0.15) is 0 Å². The van der Waals surface area contributed by atoms with Crippen LogP contribution in [0.4, 0.5) is 0 Å². The van der Waals surface area contributed by atoms with Crippen molar-refractivity contribution < 1.29 is 4.74 Å². The molecule has 1 fully saturated rings. The van der Waals surface area contributed by atoms with Gasteiger partial charge in [0.05, 0.1) is 6.61 Å². The van der Waals surface area contributed by atoms with Crippen LogP contribution < -0.4 is 5.32 Å². The van der Waals surface area contributed by atoms with E-state index in [1.807, 2.05) is 0 Å². The summed E-state index contributed by atoms with van der Waals surface area (Å²) in [6, 6.07) is 1.32. The quantitative estimate of drug-likeness (QED) is 0.666. The number of ether oxygens (including phenoxy) is 1. The average molecular weight is 200 g/mol. The summed E-state index contributed by atoms with van der Waals surface area (Å²) in [7, 11) is 3.98. The van der Waals surface area contributed by atoms with Crippen LogP contribution in [-0.4, -0.2) is 50.8 Å². The number of hydrogen-bond acceptors (Lipinski definition) is 3. The van der Waals surface area contributed by atoms with Crippen LogP contribution in [-0.2, 0) is 4.74 Å². The first-order valence-electron chi connectivity index (χ1n) is 5.66. The number of hydrogen-bond donors (Lipinski definition) is 1. The van der Waals surface area contributed by atoms with E-state index in [0.717, 1.165) is 25.7 Å². The van der Waals surface area contributed by atoms with Gasteiger partial charge in [-0.1, -0.05) is 6.42 Å². The van der Waals surface area contributed by atoms with Gasteiger partial charge in [-0.3, -0.25) is 0 Å². The summed E-state index contributed by atoms with van der Waals surface area (Å²) in [6.45, 7) is 5.18. The van der Waals surface area contributed by atoms with Crippen molar-refractivity contribution >= 4 is 0 Å². The Balaban J connectivity index is 1.96.